The number of amides is 1. The highest BCUT2D eigenvalue weighted by Gasteiger charge is 2.18. The molecule has 0 aromatic carbocycles. The van der Waals surface area contributed by atoms with E-state index in [2.05, 4.69) is 30.0 Å². The lowest BCUT2D eigenvalue weighted by atomic mass is 9.94. The molecule has 0 saturated heterocycles. The summed E-state index contributed by atoms with van der Waals surface area (Å²) in [6.07, 6.45) is 6.20. The molecule has 0 aromatic heterocycles. The predicted octanol–water partition coefficient (Wildman–Crippen LogP) is 2.52. The van der Waals surface area contributed by atoms with Gasteiger partial charge < -0.3 is 5.32 Å². The van der Waals surface area contributed by atoms with Gasteiger partial charge in [-0.05, 0) is 36.6 Å². The minimum absolute atomic E-state index is 0.0888. The van der Waals surface area contributed by atoms with Crippen molar-refractivity contribution in [3.8, 4) is 0 Å². The average molecular weight is 272 g/mol. The van der Waals surface area contributed by atoms with E-state index in [-0.39, 0.29) is 11.4 Å². The van der Waals surface area contributed by atoms with Gasteiger partial charge in [-0.1, -0.05) is 25.8 Å². The number of carbonyl (C=O) groups excluding carboxylic acids is 2. The number of likely N-dealkylation sites (N-methyl/N-ethyl adjacent to an activating group) is 1. The lowest BCUT2D eigenvalue weighted by Crippen LogP contribution is -2.25. The number of hydrogen-bond donors (Lipinski definition) is 1. The van der Waals surface area contributed by atoms with E-state index in [9.17, 15) is 9.59 Å². The predicted molar refractivity (Wildman–Crippen MR) is 83.6 cm³/mol. The van der Waals surface area contributed by atoms with E-state index in [0.29, 0.717) is 16.7 Å². The summed E-state index contributed by atoms with van der Waals surface area (Å²) in [4.78, 5) is 27.2. The van der Waals surface area contributed by atoms with Crippen LogP contribution in [0.15, 0.2) is 65.4 Å². The van der Waals surface area contributed by atoms with Crippen molar-refractivity contribution in [2.45, 2.75) is 13.8 Å². The molecule has 4 heteroatoms. The monoisotopic (exact) mass is 272 g/mol. The molecular formula is C16H20N2O2. The SMILES string of the molecule is C=CN=C/C=C(\C=C)C(=C)/C(C)=C(/C(C)=O)C(=O)NC. The second-order valence-electron chi connectivity index (χ2n) is 3.92. The van der Waals surface area contributed by atoms with Crippen LogP contribution in [-0.2, 0) is 9.59 Å². The summed E-state index contributed by atoms with van der Waals surface area (Å²) < 4.78 is 0. The fourth-order valence-corrected chi connectivity index (χ4v) is 1.56. The van der Waals surface area contributed by atoms with E-state index >= 15 is 0 Å². The molecule has 0 unspecified atom stereocenters. The van der Waals surface area contributed by atoms with Gasteiger partial charge in [-0.25, -0.2) is 0 Å². The number of nitrogens with one attached hydrogen (secondary N) is 1. The molecule has 1 amide bonds. The summed E-state index contributed by atoms with van der Waals surface area (Å²) >= 11 is 0. The van der Waals surface area contributed by atoms with Crippen molar-refractivity contribution >= 4 is 17.9 Å². The molecule has 0 spiro atoms. The third kappa shape index (κ3) is 4.65. The molecule has 0 aliphatic carbocycles. The molecular weight excluding hydrogens is 252 g/mol. The van der Waals surface area contributed by atoms with Crippen molar-refractivity contribution in [1.29, 1.82) is 0 Å². The molecule has 0 aliphatic rings. The van der Waals surface area contributed by atoms with Crippen molar-refractivity contribution in [2.24, 2.45) is 4.99 Å². The maximum absolute atomic E-state index is 11.8. The molecule has 0 bridgehead atoms. The molecule has 20 heavy (non-hydrogen) atoms. The van der Waals surface area contributed by atoms with E-state index in [0.717, 1.165) is 0 Å². The number of aliphatic imine (C=N–C) groups is 1. The fraction of sp³-hybridized carbons (Fsp3) is 0.188. The molecule has 0 aliphatic heterocycles. The topological polar surface area (TPSA) is 58.5 Å². The number of rotatable bonds is 7. The highest BCUT2D eigenvalue weighted by atomic mass is 16.2. The Hall–Kier alpha value is -2.49. The van der Waals surface area contributed by atoms with Crippen LogP contribution in [0.2, 0.25) is 0 Å². The first-order valence-corrected chi connectivity index (χ1v) is 6.01. The maximum atomic E-state index is 11.8. The zero-order valence-corrected chi connectivity index (χ0v) is 12.2. The number of allylic oxidation sites excluding steroid dienone is 5. The Bertz CT molecular complexity index is 535. The highest BCUT2D eigenvalue weighted by Crippen LogP contribution is 2.21. The van der Waals surface area contributed by atoms with Crippen LogP contribution in [0.4, 0.5) is 0 Å². The number of carbonyl (C=O) groups is 2. The molecule has 0 aromatic rings. The first kappa shape index (κ1) is 17.5. The second kappa shape index (κ2) is 8.58. The van der Waals surface area contributed by atoms with Gasteiger partial charge in [-0.3, -0.25) is 14.6 Å². The van der Waals surface area contributed by atoms with Gasteiger partial charge in [-0.2, -0.15) is 0 Å². The molecule has 0 fully saturated rings. The van der Waals surface area contributed by atoms with Gasteiger partial charge in [0.2, 0.25) is 0 Å². The summed E-state index contributed by atoms with van der Waals surface area (Å²) in [6, 6.07) is 0. The van der Waals surface area contributed by atoms with Crippen LogP contribution in [0.5, 0.6) is 0 Å². The number of ketones is 1. The molecule has 4 nitrogen and oxygen atoms in total. The third-order valence-corrected chi connectivity index (χ3v) is 2.65. The summed E-state index contributed by atoms with van der Waals surface area (Å²) in [5.41, 5.74) is 1.82. The Morgan fingerprint density at radius 1 is 1.20 bits per heavy atom. The van der Waals surface area contributed by atoms with E-state index < -0.39 is 5.91 Å². The zero-order valence-electron chi connectivity index (χ0n) is 12.2. The molecule has 0 atom stereocenters. The van der Waals surface area contributed by atoms with E-state index in [1.807, 2.05) is 0 Å². The van der Waals surface area contributed by atoms with Crippen molar-refractivity contribution in [3.05, 3.63) is 60.4 Å². The Balaban J connectivity index is 5.73. The molecule has 0 heterocycles. The lowest BCUT2D eigenvalue weighted by molar-refractivity contribution is -0.121. The van der Waals surface area contributed by atoms with Crippen LogP contribution in [0.3, 0.4) is 0 Å². The minimum atomic E-state index is -0.431. The molecule has 106 valence electrons. The van der Waals surface area contributed by atoms with Gasteiger partial charge in [0.05, 0.1) is 5.57 Å². The summed E-state index contributed by atoms with van der Waals surface area (Å²) in [7, 11) is 1.47. The molecule has 0 radical (unpaired) electrons. The molecule has 0 rings (SSSR count). The summed E-state index contributed by atoms with van der Waals surface area (Å²) in [6.45, 7) is 14.1. The maximum Gasteiger partial charge on any atom is 0.254 e. The van der Waals surface area contributed by atoms with Gasteiger partial charge in [0.25, 0.3) is 5.91 Å². The standard InChI is InChI=1S/C16H20N2O2/c1-7-14(9-10-18-8-2)11(3)12(4)15(13(5)19)16(20)17-6/h7-10H,1-3H2,4-6H3,(H,17,20)/b14-9+,15-12-,18-10?. The van der Waals surface area contributed by atoms with Gasteiger partial charge in [0.1, 0.15) is 0 Å². The number of hydrogen-bond acceptors (Lipinski definition) is 3. The quantitative estimate of drug-likeness (QED) is 0.254. The van der Waals surface area contributed by atoms with Crippen LogP contribution in [0.25, 0.3) is 0 Å². The second-order valence-corrected chi connectivity index (χ2v) is 3.92. The number of Topliss-reactive ketones (excluding diaryl/α,β-unsaturated/α-hetero) is 1. The van der Waals surface area contributed by atoms with Crippen LogP contribution >= 0.6 is 0 Å². The zero-order chi connectivity index (χ0) is 15.7. The lowest BCUT2D eigenvalue weighted by Gasteiger charge is -2.11. The van der Waals surface area contributed by atoms with Crippen molar-refractivity contribution in [2.75, 3.05) is 7.05 Å². The largest absolute Gasteiger partial charge is 0.355 e. The Morgan fingerprint density at radius 2 is 1.80 bits per heavy atom. The van der Waals surface area contributed by atoms with Crippen molar-refractivity contribution in [1.82, 2.24) is 5.32 Å². The summed E-state index contributed by atoms with van der Waals surface area (Å²) in [5.74, 6) is -0.745. The summed E-state index contributed by atoms with van der Waals surface area (Å²) in [5, 5.41) is 2.45. The first-order chi connectivity index (χ1) is 9.40. The van der Waals surface area contributed by atoms with Gasteiger partial charge >= 0.3 is 0 Å². The molecule has 0 saturated carbocycles. The van der Waals surface area contributed by atoms with E-state index in [1.54, 1.807) is 19.1 Å². The van der Waals surface area contributed by atoms with Gasteiger partial charge in [-0.15, -0.1) is 0 Å². The Morgan fingerprint density at radius 3 is 2.20 bits per heavy atom. The average Bonchev–Trinajstić information content (AvgIpc) is 2.42. The van der Waals surface area contributed by atoms with E-state index in [1.165, 1.54) is 26.4 Å². The Kier molecular flexibility index (Phi) is 7.52. The number of nitrogens with zero attached hydrogens (tertiary/aromatic N) is 1. The highest BCUT2D eigenvalue weighted by molar-refractivity contribution is 6.19. The van der Waals surface area contributed by atoms with Crippen LogP contribution < -0.4 is 5.32 Å². The van der Waals surface area contributed by atoms with Crippen LogP contribution in [0.1, 0.15) is 13.8 Å². The van der Waals surface area contributed by atoms with Gasteiger partial charge in [0.15, 0.2) is 5.78 Å². The van der Waals surface area contributed by atoms with E-state index in [4.69, 9.17) is 0 Å². The smallest absolute Gasteiger partial charge is 0.254 e. The minimum Gasteiger partial charge on any atom is -0.355 e. The first-order valence-electron chi connectivity index (χ1n) is 6.01. The van der Waals surface area contributed by atoms with Crippen LogP contribution in [0, 0.1) is 0 Å². The van der Waals surface area contributed by atoms with Crippen LogP contribution in [-0.4, -0.2) is 25.0 Å². The van der Waals surface area contributed by atoms with Crippen molar-refractivity contribution in [3.63, 3.8) is 0 Å². The normalized spacial score (nSPS) is 12.7. The fourth-order valence-electron chi connectivity index (χ4n) is 1.56. The molecule has 1 N–H and O–H groups in total. The third-order valence-electron chi connectivity index (χ3n) is 2.65. The Labute approximate surface area is 120 Å². The van der Waals surface area contributed by atoms with Crippen molar-refractivity contribution < 1.29 is 9.59 Å². The van der Waals surface area contributed by atoms with Gasteiger partial charge in [0, 0.05) is 19.5 Å².